The Labute approximate surface area is 216 Å². The summed E-state index contributed by atoms with van der Waals surface area (Å²) >= 11 is 0. The van der Waals surface area contributed by atoms with Crippen molar-refractivity contribution in [2.45, 2.75) is 18.3 Å². The molecule has 0 aromatic heterocycles. The molecule has 158 valence electrons. The molecule has 0 spiro atoms. The summed E-state index contributed by atoms with van der Waals surface area (Å²) in [7, 11) is 0. The first-order valence-corrected chi connectivity index (χ1v) is 8.61. The van der Waals surface area contributed by atoms with Crippen molar-refractivity contribution in [2.75, 3.05) is 19.8 Å². The Kier molecular flexibility index (Phi) is 16.6. The molecular weight excluding hydrogens is 422 g/mol. The summed E-state index contributed by atoms with van der Waals surface area (Å²) in [5.74, 6) is 4.26. The molecule has 0 bridgehead atoms. The van der Waals surface area contributed by atoms with Crippen LogP contribution in [0.25, 0.3) is 0 Å². The van der Waals surface area contributed by atoms with Gasteiger partial charge in [0.25, 0.3) is 0 Å². The van der Waals surface area contributed by atoms with E-state index in [1.54, 1.807) is 0 Å². The number of aliphatic hydroxyl groups excluding tert-OH is 3. The summed E-state index contributed by atoms with van der Waals surface area (Å²) in [6.45, 7) is -0.859. The maximum atomic E-state index is 12.8. The van der Waals surface area contributed by atoms with Gasteiger partial charge in [-0.25, -0.2) is 9.18 Å². The molecule has 0 fully saturated rings. The van der Waals surface area contributed by atoms with E-state index in [2.05, 4.69) is 16.6 Å². The molecule has 0 aliphatic heterocycles. The Morgan fingerprint density at radius 3 is 2.37 bits per heavy atom. The molecule has 1 aromatic carbocycles. The molecule has 0 unspecified atom stereocenters. The second kappa shape index (κ2) is 17.4. The fourth-order valence-electron chi connectivity index (χ4n) is 1.80. The first kappa shape index (κ1) is 28.7. The second-order valence-corrected chi connectivity index (χ2v) is 5.69. The fraction of sp³-hybridized carbons (Fsp3) is 0.286. The predicted molar refractivity (Wildman–Crippen MR) is 111 cm³/mol. The van der Waals surface area contributed by atoms with Gasteiger partial charge >= 0.3 is 57.4 Å². The normalized spacial score (nSPS) is 14.1. The van der Waals surface area contributed by atoms with Gasteiger partial charge in [-0.05, 0) is 42.5 Å². The van der Waals surface area contributed by atoms with Crippen LogP contribution >= 0.6 is 0 Å². The van der Waals surface area contributed by atoms with Crippen LogP contribution in [0.1, 0.15) is 0 Å². The number of hydrogen-bond donors (Lipinski definition) is 4. The third-order valence-electron chi connectivity index (χ3n) is 3.23. The maximum absolute atomic E-state index is 12.8. The molecule has 3 atom stereocenters. The Hall–Kier alpha value is -1.32. The van der Waals surface area contributed by atoms with E-state index in [0.717, 1.165) is 0 Å². The quantitative estimate of drug-likeness (QED) is 0.221. The number of aliphatic hydroxyl groups is 3. The fourth-order valence-corrected chi connectivity index (χ4v) is 1.80. The van der Waals surface area contributed by atoms with Crippen molar-refractivity contribution in [3.63, 3.8) is 0 Å². The third-order valence-corrected chi connectivity index (χ3v) is 3.23. The number of halogens is 1. The topological polar surface area (TPSA) is 116 Å². The summed E-state index contributed by atoms with van der Waals surface area (Å²) in [5, 5.41) is 37.3. The zero-order valence-electron chi connectivity index (χ0n) is 15.5. The van der Waals surface area contributed by atoms with Crippen molar-refractivity contribution in [1.82, 2.24) is 0 Å². The minimum absolute atomic E-state index is 0. The van der Waals surface area contributed by atoms with Crippen LogP contribution < -0.4 is 4.74 Å². The Morgan fingerprint density at radius 2 is 1.70 bits per heavy atom. The molecule has 0 heterocycles. The van der Waals surface area contributed by atoms with Crippen LogP contribution in [0.2, 0.25) is 0 Å². The van der Waals surface area contributed by atoms with E-state index in [-0.39, 0.29) is 70.4 Å². The van der Waals surface area contributed by atoms with Gasteiger partial charge < -0.3 is 29.9 Å². The van der Waals surface area contributed by atoms with Crippen LogP contribution in [0.5, 0.6) is 5.75 Å². The van der Waals surface area contributed by atoms with Crippen LogP contribution in [-0.4, -0.2) is 116 Å². The van der Waals surface area contributed by atoms with E-state index in [4.69, 9.17) is 9.84 Å². The van der Waals surface area contributed by atoms with Crippen molar-refractivity contribution in [2.24, 2.45) is 0 Å². The van der Waals surface area contributed by atoms with Crippen molar-refractivity contribution in [3.05, 3.63) is 66.5 Å². The zero-order valence-corrected chi connectivity index (χ0v) is 15.5. The van der Waals surface area contributed by atoms with Gasteiger partial charge in [-0.3, -0.25) is 0 Å². The minimum atomic E-state index is -1.24. The summed E-state index contributed by atoms with van der Waals surface area (Å²) in [6, 6.07) is 5.44. The van der Waals surface area contributed by atoms with Crippen LogP contribution in [0.4, 0.5) is 4.39 Å². The zero-order chi connectivity index (χ0) is 21.5. The molecule has 0 saturated heterocycles. The second-order valence-electron chi connectivity index (χ2n) is 5.69. The summed E-state index contributed by atoms with van der Waals surface area (Å²) < 4.78 is 22.7. The number of ether oxygens (including phenoxy) is 2. The Bertz CT molecular complexity index is 766. The first-order chi connectivity index (χ1) is 13.9. The molecule has 0 amide bonds. The van der Waals surface area contributed by atoms with E-state index in [9.17, 15) is 24.5 Å². The van der Waals surface area contributed by atoms with Crippen LogP contribution in [0.15, 0.2) is 60.7 Å². The van der Waals surface area contributed by atoms with E-state index in [0.29, 0.717) is 5.75 Å². The molecule has 4 N–H and O–H groups in total. The van der Waals surface area contributed by atoms with Gasteiger partial charge in [0.1, 0.15) is 43.1 Å². The molecule has 0 radical (unpaired) electrons. The molecule has 7 nitrogen and oxygen atoms in total. The molecule has 0 aliphatic rings. The number of rotatable bonds is 11. The van der Waals surface area contributed by atoms with Gasteiger partial charge in [0, 0.05) is 0 Å². The third kappa shape index (κ3) is 14.6. The average Bonchev–Trinajstić information content (AvgIpc) is 2.69. The molecular formula is C21H24FKO7. The van der Waals surface area contributed by atoms with Crippen LogP contribution in [0.3, 0.4) is 0 Å². The van der Waals surface area contributed by atoms with Gasteiger partial charge in [0.2, 0.25) is 0 Å². The Morgan fingerprint density at radius 1 is 1.03 bits per heavy atom. The summed E-state index contributed by atoms with van der Waals surface area (Å²) in [6.07, 6.45) is 5.35. The number of carbonyl (C=O) groups is 1. The van der Waals surface area contributed by atoms with Gasteiger partial charge in [0.05, 0.1) is 6.61 Å². The van der Waals surface area contributed by atoms with E-state index in [1.165, 1.54) is 60.7 Å². The number of benzene rings is 1. The number of aliphatic carboxylic acids is 1. The molecule has 1 rings (SSSR count). The summed E-state index contributed by atoms with van der Waals surface area (Å²) in [5.41, 5.74) is 0. The van der Waals surface area contributed by atoms with Gasteiger partial charge in [-0.15, -0.1) is 0 Å². The average molecular weight is 447 g/mol. The van der Waals surface area contributed by atoms with Crippen molar-refractivity contribution < 1.29 is 39.1 Å². The van der Waals surface area contributed by atoms with Gasteiger partial charge in [0.15, 0.2) is 0 Å². The van der Waals surface area contributed by atoms with Crippen LogP contribution in [-0.2, 0) is 9.53 Å². The molecule has 9 heteroatoms. The number of allylic oxidation sites excluding steroid dienone is 4. The molecule has 0 aliphatic carbocycles. The van der Waals surface area contributed by atoms with Crippen molar-refractivity contribution in [1.29, 1.82) is 0 Å². The van der Waals surface area contributed by atoms with Gasteiger partial charge in [-0.1, -0.05) is 30.1 Å². The number of carboxylic acids is 1. The van der Waals surface area contributed by atoms with Gasteiger partial charge in [-0.2, -0.15) is 0 Å². The number of carboxylic acid groups (broad SMARTS) is 1. The first-order valence-electron chi connectivity index (χ1n) is 8.61. The molecule has 1 aromatic rings. The predicted octanol–water partition coefficient (Wildman–Crippen LogP) is 0.412. The van der Waals surface area contributed by atoms with Crippen LogP contribution in [0, 0.1) is 17.7 Å². The van der Waals surface area contributed by atoms with Crippen molar-refractivity contribution >= 4 is 57.4 Å². The standard InChI is InChI=1S/C21H23FO7.K.H/c22-16-9-11-18(12-10-16)29-13-17(23)7-5-3-1-2-4-6-8-19(24)20(25)14-28-15-21(26)27;;/h2,4-12,17,19-20,23-25H,13-15H2,(H,26,27);;/b4-2+,7-5+,8-6+;;/t17-,19+,20+;;/m1../s1. The van der Waals surface area contributed by atoms with Crippen molar-refractivity contribution in [3.8, 4) is 17.6 Å². The number of hydrogen-bond acceptors (Lipinski definition) is 6. The summed E-state index contributed by atoms with van der Waals surface area (Å²) in [4.78, 5) is 10.3. The monoisotopic (exact) mass is 446 g/mol. The molecule has 0 saturated carbocycles. The van der Waals surface area contributed by atoms with E-state index < -0.39 is 30.9 Å². The molecule has 30 heavy (non-hydrogen) atoms. The SMILES string of the molecule is O=C(O)COC[C@H](O)[C@@H](O)/C=C/C=C/C#C/C=C/[C@@H](O)COc1ccc(F)cc1.[KH]. The van der Waals surface area contributed by atoms with E-state index in [1.807, 2.05) is 0 Å². The van der Waals surface area contributed by atoms with E-state index >= 15 is 0 Å². The Balaban J connectivity index is 0.00000841.